The first kappa shape index (κ1) is 24.3. The van der Waals surface area contributed by atoms with E-state index in [2.05, 4.69) is 44.1 Å². The zero-order chi connectivity index (χ0) is 27.6. The molecule has 5 aromatic rings. The first-order valence-corrected chi connectivity index (χ1v) is 13.1. The zero-order valence-electron chi connectivity index (χ0n) is 22.3. The van der Waals surface area contributed by atoms with Crippen molar-refractivity contribution in [2.24, 2.45) is 12.1 Å². The maximum Gasteiger partial charge on any atom is 0.245 e. The van der Waals surface area contributed by atoms with Crippen LogP contribution in [-0.2, 0) is 23.7 Å². The molecule has 11 heteroatoms. The Morgan fingerprint density at radius 1 is 1.10 bits per heavy atom. The first-order valence-electron chi connectivity index (χ1n) is 13.1. The molecule has 3 N–H and O–H groups in total. The normalized spacial score (nSPS) is 20.7. The number of rotatable bonds is 5. The van der Waals surface area contributed by atoms with Gasteiger partial charge in [-0.15, -0.1) is 5.10 Å². The fraction of sp³-hybridized carbons (Fsp3) is 0.241. The summed E-state index contributed by atoms with van der Waals surface area (Å²) in [5, 5.41) is 16.2. The SMILES string of the molecule is C=C1OC(C2(c3cnn(C)c3)N[C@@H](c3ncc(-c4ccc(F)cn4)[nH]3)Cc3c2[nH]c2ccccc32)=NN1C(C)C. The number of fused-ring (bicyclic) bond motifs is 3. The Morgan fingerprint density at radius 3 is 2.67 bits per heavy atom. The Kier molecular flexibility index (Phi) is 5.39. The number of benzene rings is 1. The number of halogens is 1. The van der Waals surface area contributed by atoms with E-state index in [1.54, 1.807) is 22.0 Å². The molecule has 0 saturated heterocycles. The molecule has 0 radical (unpaired) electrons. The van der Waals surface area contributed by atoms with Gasteiger partial charge in [0.2, 0.25) is 11.8 Å². The second-order valence-corrected chi connectivity index (χ2v) is 10.5. The smallest absolute Gasteiger partial charge is 0.245 e. The number of pyridine rings is 1. The average Bonchev–Trinajstić information content (AvgIpc) is 3.74. The van der Waals surface area contributed by atoms with Crippen molar-refractivity contribution in [2.75, 3.05) is 0 Å². The minimum absolute atomic E-state index is 0.0494. The van der Waals surface area contributed by atoms with Gasteiger partial charge in [-0.1, -0.05) is 18.2 Å². The number of para-hydroxylation sites is 1. The predicted molar refractivity (Wildman–Crippen MR) is 148 cm³/mol. The topological polar surface area (TPSA) is 112 Å². The van der Waals surface area contributed by atoms with Gasteiger partial charge in [0.15, 0.2) is 5.54 Å². The molecule has 0 aliphatic carbocycles. The zero-order valence-corrected chi connectivity index (χ0v) is 22.3. The summed E-state index contributed by atoms with van der Waals surface area (Å²) in [5.41, 5.74) is 4.20. The highest BCUT2D eigenvalue weighted by Gasteiger charge is 2.53. The lowest BCUT2D eigenvalue weighted by molar-refractivity contribution is 0.222. The van der Waals surface area contributed by atoms with E-state index in [1.165, 1.54) is 12.3 Å². The lowest BCUT2D eigenvalue weighted by Gasteiger charge is -2.40. The van der Waals surface area contributed by atoms with Gasteiger partial charge < -0.3 is 14.7 Å². The van der Waals surface area contributed by atoms with E-state index in [-0.39, 0.29) is 17.9 Å². The second-order valence-electron chi connectivity index (χ2n) is 10.5. The van der Waals surface area contributed by atoms with Crippen LogP contribution in [0.25, 0.3) is 22.3 Å². The summed E-state index contributed by atoms with van der Waals surface area (Å²) in [5.74, 6) is 1.23. The summed E-state index contributed by atoms with van der Waals surface area (Å²) in [4.78, 5) is 16.0. The second kappa shape index (κ2) is 8.88. The molecule has 2 atom stereocenters. The number of hydrazone groups is 1. The number of aromatic amines is 2. The van der Waals surface area contributed by atoms with Crippen LogP contribution in [0.5, 0.6) is 0 Å². The number of imidazole rings is 1. The Labute approximate surface area is 229 Å². The van der Waals surface area contributed by atoms with Crippen molar-refractivity contribution in [3.8, 4) is 11.4 Å². The number of H-pyrrole nitrogens is 2. The van der Waals surface area contributed by atoms with Crippen LogP contribution < -0.4 is 5.32 Å². The lowest BCUT2D eigenvalue weighted by atomic mass is 9.79. The van der Waals surface area contributed by atoms with E-state index in [1.807, 2.05) is 45.4 Å². The van der Waals surface area contributed by atoms with Gasteiger partial charge in [-0.25, -0.2) is 14.4 Å². The van der Waals surface area contributed by atoms with Gasteiger partial charge in [-0.2, -0.15) is 5.10 Å². The standard InChI is InChI=1S/C29H28FN9O/c1-16(2)39-17(3)40-28(37-39)29(18-12-33-38(4)15-18)26-21(20-7-5-6-8-22(20)34-26)11-24(36-29)27-32-14-25(35-27)23-10-9-19(30)13-31-23/h5-10,12-16,24,34,36H,3,11H2,1-2,4H3,(H,32,35)/t24-,29?/m1/s1. The molecule has 0 amide bonds. The van der Waals surface area contributed by atoms with Crippen molar-refractivity contribution in [3.05, 3.63) is 102 Å². The van der Waals surface area contributed by atoms with Crippen molar-refractivity contribution in [1.82, 2.24) is 40.0 Å². The summed E-state index contributed by atoms with van der Waals surface area (Å²) < 4.78 is 21.6. The first-order chi connectivity index (χ1) is 19.3. The van der Waals surface area contributed by atoms with Crippen molar-refractivity contribution < 1.29 is 9.13 Å². The van der Waals surface area contributed by atoms with E-state index in [4.69, 9.17) is 14.8 Å². The highest BCUT2D eigenvalue weighted by Crippen LogP contribution is 2.45. The monoisotopic (exact) mass is 537 g/mol. The fourth-order valence-corrected chi connectivity index (χ4v) is 5.69. The van der Waals surface area contributed by atoms with Gasteiger partial charge in [-0.05, 0) is 50.6 Å². The maximum absolute atomic E-state index is 13.5. The van der Waals surface area contributed by atoms with Gasteiger partial charge in [0, 0.05) is 29.7 Å². The third kappa shape index (κ3) is 3.65. The summed E-state index contributed by atoms with van der Waals surface area (Å²) >= 11 is 0. The Bertz CT molecular complexity index is 1780. The lowest BCUT2D eigenvalue weighted by Crippen LogP contribution is -2.55. The third-order valence-electron chi connectivity index (χ3n) is 7.53. The number of hydrogen-bond acceptors (Lipinski definition) is 7. The van der Waals surface area contributed by atoms with E-state index >= 15 is 0 Å². The molecule has 0 spiro atoms. The molecule has 7 rings (SSSR count). The Hall–Kier alpha value is -4.77. The number of aryl methyl sites for hydroxylation is 1. The molecule has 2 aliphatic heterocycles. The summed E-state index contributed by atoms with van der Waals surface area (Å²) in [6.07, 6.45) is 7.36. The molecule has 10 nitrogen and oxygen atoms in total. The third-order valence-corrected chi connectivity index (χ3v) is 7.53. The van der Waals surface area contributed by atoms with Gasteiger partial charge in [0.05, 0.1) is 47.8 Å². The van der Waals surface area contributed by atoms with Crippen LogP contribution in [0.15, 0.2) is 78.7 Å². The maximum atomic E-state index is 13.5. The summed E-state index contributed by atoms with van der Waals surface area (Å²) in [6.45, 7) is 8.21. The Morgan fingerprint density at radius 2 is 1.95 bits per heavy atom. The quantitative estimate of drug-likeness (QED) is 0.305. The predicted octanol–water partition coefficient (Wildman–Crippen LogP) is 4.48. The number of hydrogen-bond donors (Lipinski definition) is 3. The molecular weight excluding hydrogens is 509 g/mol. The van der Waals surface area contributed by atoms with E-state index in [9.17, 15) is 4.39 Å². The molecule has 202 valence electrons. The highest BCUT2D eigenvalue weighted by molar-refractivity contribution is 5.97. The van der Waals surface area contributed by atoms with Crippen LogP contribution in [0.3, 0.4) is 0 Å². The number of nitrogens with one attached hydrogen (secondary N) is 3. The number of nitrogens with zero attached hydrogens (tertiary/aromatic N) is 6. The van der Waals surface area contributed by atoms with Crippen molar-refractivity contribution in [3.63, 3.8) is 0 Å². The van der Waals surface area contributed by atoms with Crippen LogP contribution >= 0.6 is 0 Å². The largest absolute Gasteiger partial charge is 0.421 e. The summed E-state index contributed by atoms with van der Waals surface area (Å²) in [7, 11) is 1.88. The molecule has 0 saturated carbocycles. The van der Waals surface area contributed by atoms with Crippen LogP contribution in [-0.4, -0.2) is 46.7 Å². The van der Waals surface area contributed by atoms with Crippen molar-refractivity contribution in [1.29, 1.82) is 0 Å². The van der Waals surface area contributed by atoms with Gasteiger partial charge in [0.1, 0.15) is 11.6 Å². The van der Waals surface area contributed by atoms with Crippen molar-refractivity contribution in [2.45, 2.75) is 37.9 Å². The van der Waals surface area contributed by atoms with Crippen molar-refractivity contribution >= 4 is 16.8 Å². The number of ether oxygens (including phenoxy) is 1. The average molecular weight is 538 g/mol. The van der Waals surface area contributed by atoms with Crippen LogP contribution in [0, 0.1) is 5.82 Å². The molecule has 2 aliphatic rings. The van der Waals surface area contributed by atoms with E-state index < -0.39 is 5.54 Å². The van der Waals surface area contributed by atoms with Gasteiger partial charge in [-0.3, -0.25) is 15.0 Å². The van der Waals surface area contributed by atoms with Crippen LogP contribution in [0.1, 0.15) is 42.5 Å². The molecule has 4 aromatic heterocycles. The fourth-order valence-electron chi connectivity index (χ4n) is 5.69. The van der Waals surface area contributed by atoms with E-state index in [0.717, 1.165) is 27.7 Å². The molecule has 1 aromatic carbocycles. The number of aromatic nitrogens is 6. The molecule has 0 fully saturated rings. The van der Waals surface area contributed by atoms with E-state index in [0.29, 0.717) is 35.4 Å². The molecule has 40 heavy (non-hydrogen) atoms. The molecule has 0 bridgehead atoms. The minimum Gasteiger partial charge on any atom is -0.421 e. The van der Waals surface area contributed by atoms with Crippen LogP contribution in [0.2, 0.25) is 0 Å². The Balaban J connectivity index is 1.43. The van der Waals surface area contributed by atoms with Crippen LogP contribution in [0.4, 0.5) is 4.39 Å². The summed E-state index contributed by atoms with van der Waals surface area (Å²) in [6, 6.07) is 11.0. The highest BCUT2D eigenvalue weighted by atomic mass is 19.1. The van der Waals surface area contributed by atoms with Gasteiger partial charge in [0.25, 0.3) is 0 Å². The molecule has 1 unspecified atom stereocenters. The minimum atomic E-state index is -1.03. The van der Waals surface area contributed by atoms with Gasteiger partial charge >= 0.3 is 0 Å². The molecular formula is C29H28FN9O. The molecule has 6 heterocycles.